The summed E-state index contributed by atoms with van der Waals surface area (Å²) in [7, 11) is 0. The Balaban J connectivity index is 2.28. The van der Waals surface area contributed by atoms with Crippen molar-refractivity contribution in [2.45, 2.75) is 26.8 Å². The number of nitrogens with zero attached hydrogens (tertiary/aromatic N) is 2. The molecule has 0 saturated carbocycles. The molecule has 3 nitrogen and oxygen atoms in total. The minimum absolute atomic E-state index is 0.0950. The number of benzene rings is 1. The van der Waals surface area contributed by atoms with Crippen molar-refractivity contribution in [1.29, 1.82) is 0 Å². The zero-order valence-corrected chi connectivity index (χ0v) is 12.8. The van der Waals surface area contributed by atoms with Crippen molar-refractivity contribution in [3.8, 4) is 0 Å². The van der Waals surface area contributed by atoms with Crippen molar-refractivity contribution in [1.82, 2.24) is 9.78 Å². The van der Waals surface area contributed by atoms with E-state index < -0.39 is 0 Å². The van der Waals surface area contributed by atoms with Gasteiger partial charge >= 0.3 is 0 Å². The average Bonchev–Trinajstić information content (AvgIpc) is 2.77. The first-order valence-electron chi connectivity index (χ1n) is 5.80. The van der Waals surface area contributed by atoms with Crippen LogP contribution in [0.25, 0.3) is 0 Å². The minimum atomic E-state index is -0.268. The zero-order chi connectivity index (χ0) is 13.3. The van der Waals surface area contributed by atoms with Crippen molar-refractivity contribution in [3.63, 3.8) is 0 Å². The maximum atomic E-state index is 12.4. The van der Waals surface area contributed by atoms with Gasteiger partial charge in [-0.3, -0.25) is 9.48 Å². The number of ketones is 1. The van der Waals surface area contributed by atoms with Gasteiger partial charge in [0.15, 0.2) is 5.78 Å². The molecule has 2 aromatic rings. The predicted octanol–water partition coefficient (Wildman–Crippen LogP) is 3.55. The van der Waals surface area contributed by atoms with Crippen LogP contribution < -0.4 is 0 Å². The Labute approximate surface area is 120 Å². The molecule has 0 N–H and O–H groups in total. The van der Waals surface area contributed by atoms with Gasteiger partial charge in [0, 0.05) is 11.8 Å². The number of hydrogen-bond acceptors (Lipinski definition) is 2. The van der Waals surface area contributed by atoms with Crippen LogP contribution in [0.5, 0.6) is 0 Å². The molecule has 1 aromatic carbocycles. The molecule has 1 aromatic heterocycles. The summed E-state index contributed by atoms with van der Waals surface area (Å²) in [5.74, 6) is 0.0950. The van der Waals surface area contributed by atoms with Crippen molar-refractivity contribution in [2.24, 2.45) is 0 Å². The Morgan fingerprint density at radius 3 is 2.61 bits per heavy atom. The summed E-state index contributed by atoms with van der Waals surface area (Å²) in [4.78, 5) is 12.4. The lowest BCUT2D eigenvalue weighted by Crippen LogP contribution is -2.17. The Morgan fingerprint density at radius 2 is 2.06 bits per heavy atom. The topological polar surface area (TPSA) is 34.9 Å². The second-order valence-electron chi connectivity index (χ2n) is 4.48. The Morgan fingerprint density at radius 1 is 1.33 bits per heavy atom. The first-order valence-corrected chi connectivity index (χ1v) is 6.88. The van der Waals surface area contributed by atoms with Gasteiger partial charge in [0.2, 0.25) is 0 Å². The minimum Gasteiger partial charge on any atom is -0.292 e. The first-order chi connectivity index (χ1) is 8.49. The van der Waals surface area contributed by atoms with Gasteiger partial charge < -0.3 is 0 Å². The molecule has 0 aliphatic rings. The summed E-state index contributed by atoms with van der Waals surface area (Å²) in [6.07, 6.45) is 3.63. The first kappa shape index (κ1) is 13.3. The van der Waals surface area contributed by atoms with E-state index in [-0.39, 0.29) is 11.8 Å². The molecule has 1 atom stereocenters. The van der Waals surface area contributed by atoms with Crippen molar-refractivity contribution < 1.29 is 4.79 Å². The monoisotopic (exact) mass is 354 g/mol. The van der Waals surface area contributed by atoms with Crippen LogP contribution >= 0.6 is 22.6 Å². The maximum absolute atomic E-state index is 12.4. The third-order valence-corrected chi connectivity index (χ3v) is 3.69. The molecule has 18 heavy (non-hydrogen) atoms. The third-order valence-electron chi connectivity index (χ3n) is 3.14. The highest BCUT2D eigenvalue weighted by molar-refractivity contribution is 14.1. The van der Waals surface area contributed by atoms with Crippen LogP contribution in [0.2, 0.25) is 0 Å². The van der Waals surface area contributed by atoms with Gasteiger partial charge in [0.05, 0.1) is 9.77 Å². The van der Waals surface area contributed by atoms with E-state index in [1.165, 1.54) is 5.56 Å². The second kappa shape index (κ2) is 5.22. The van der Waals surface area contributed by atoms with Crippen LogP contribution in [0.4, 0.5) is 0 Å². The Hall–Kier alpha value is -1.17. The molecule has 0 amide bonds. The maximum Gasteiger partial charge on any atom is 0.187 e. The average molecular weight is 354 g/mol. The van der Waals surface area contributed by atoms with Gasteiger partial charge in [-0.15, -0.1) is 0 Å². The highest BCUT2D eigenvalue weighted by Gasteiger charge is 2.18. The molecular weight excluding hydrogens is 339 g/mol. The van der Waals surface area contributed by atoms with E-state index in [1.807, 2.05) is 45.2 Å². The number of Topliss-reactive ketones (excluding diaryl/α,β-unsaturated/α-hetero) is 1. The number of carbonyl (C=O) groups excluding carboxylic acids is 1. The molecule has 0 saturated heterocycles. The fourth-order valence-corrected chi connectivity index (χ4v) is 2.19. The highest BCUT2D eigenvalue weighted by atomic mass is 127. The van der Waals surface area contributed by atoms with Crippen LogP contribution in [0.3, 0.4) is 0 Å². The summed E-state index contributed by atoms with van der Waals surface area (Å²) in [5, 5.41) is 4.19. The number of aryl methyl sites for hydroxylation is 2. The molecule has 0 fully saturated rings. The molecule has 94 valence electrons. The van der Waals surface area contributed by atoms with E-state index in [4.69, 9.17) is 0 Å². The molecule has 0 bridgehead atoms. The smallest absolute Gasteiger partial charge is 0.187 e. The van der Waals surface area contributed by atoms with E-state index in [0.717, 1.165) is 14.7 Å². The number of carbonyl (C=O) groups is 1. The molecule has 2 rings (SSSR count). The Bertz CT molecular complexity index is 589. The van der Waals surface area contributed by atoms with Gasteiger partial charge in [-0.2, -0.15) is 5.10 Å². The molecule has 0 radical (unpaired) electrons. The van der Waals surface area contributed by atoms with Crippen molar-refractivity contribution in [2.75, 3.05) is 0 Å². The van der Waals surface area contributed by atoms with Crippen LogP contribution in [0, 0.1) is 17.4 Å². The van der Waals surface area contributed by atoms with Gasteiger partial charge in [-0.05, 0) is 60.6 Å². The summed E-state index contributed by atoms with van der Waals surface area (Å²) in [6.45, 7) is 5.94. The number of rotatable bonds is 3. The van der Waals surface area contributed by atoms with Crippen LogP contribution in [0.15, 0.2) is 30.6 Å². The van der Waals surface area contributed by atoms with E-state index in [1.54, 1.807) is 10.9 Å². The standard InChI is InChI=1S/C14H15IN2O/c1-9-4-5-12(6-10(9)2)14(18)11(3)17-8-13(15)7-16-17/h4-8,11H,1-3H3. The zero-order valence-electron chi connectivity index (χ0n) is 10.6. The molecule has 1 heterocycles. The number of halogens is 1. The number of hydrogen-bond donors (Lipinski definition) is 0. The van der Waals surface area contributed by atoms with E-state index in [9.17, 15) is 4.79 Å². The highest BCUT2D eigenvalue weighted by Crippen LogP contribution is 2.17. The molecule has 0 aliphatic carbocycles. The predicted molar refractivity (Wildman–Crippen MR) is 79.9 cm³/mol. The van der Waals surface area contributed by atoms with Crippen LogP contribution in [-0.4, -0.2) is 15.6 Å². The van der Waals surface area contributed by atoms with Gasteiger partial charge in [-0.1, -0.05) is 12.1 Å². The van der Waals surface area contributed by atoms with Crippen LogP contribution in [0.1, 0.15) is 34.5 Å². The lowest BCUT2D eigenvalue weighted by atomic mass is 10.0. The van der Waals surface area contributed by atoms with Crippen LogP contribution in [-0.2, 0) is 0 Å². The summed E-state index contributed by atoms with van der Waals surface area (Å²) in [5.41, 5.74) is 3.09. The lowest BCUT2D eigenvalue weighted by Gasteiger charge is -2.12. The molecule has 0 aliphatic heterocycles. The van der Waals surface area contributed by atoms with Crippen molar-refractivity contribution in [3.05, 3.63) is 50.9 Å². The summed E-state index contributed by atoms with van der Waals surface area (Å²) in [6, 6.07) is 5.55. The molecule has 1 unspecified atom stereocenters. The fraction of sp³-hybridized carbons (Fsp3) is 0.286. The summed E-state index contributed by atoms with van der Waals surface area (Å²) >= 11 is 2.19. The van der Waals surface area contributed by atoms with E-state index >= 15 is 0 Å². The Kier molecular flexibility index (Phi) is 3.85. The molecular formula is C14H15IN2O. The molecule has 4 heteroatoms. The lowest BCUT2D eigenvalue weighted by molar-refractivity contribution is 0.0928. The largest absolute Gasteiger partial charge is 0.292 e. The van der Waals surface area contributed by atoms with E-state index in [2.05, 4.69) is 27.7 Å². The fourth-order valence-electron chi connectivity index (χ4n) is 1.78. The molecule has 0 spiro atoms. The van der Waals surface area contributed by atoms with Crippen molar-refractivity contribution >= 4 is 28.4 Å². The van der Waals surface area contributed by atoms with Gasteiger partial charge in [-0.25, -0.2) is 0 Å². The third kappa shape index (κ3) is 2.63. The second-order valence-corrected chi connectivity index (χ2v) is 5.72. The SMILES string of the molecule is Cc1ccc(C(=O)C(C)n2cc(I)cn2)cc1C. The normalized spacial score (nSPS) is 12.4. The van der Waals surface area contributed by atoms with Gasteiger partial charge in [0.1, 0.15) is 6.04 Å². The van der Waals surface area contributed by atoms with Gasteiger partial charge in [0.25, 0.3) is 0 Å². The summed E-state index contributed by atoms with van der Waals surface area (Å²) < 4.78 is 2.74. The van der Waals surface area contributed by atoms with E-state index in [0.29, 0.717) is 0 Å². The quantitative estimate of drug-likeness (QED) is 0.624. The number of aromatic nitrogens is 2.